The van der Waals surface area contributed by atoms with E-state index in [0.717, 1.165) is 16.7 Å². The van der Waals surface area contributed by atoms with Crippen molar-refractivity contribution in [2.24, 2.45) is 5.73 Å². The van der Waals surface area contributed by atoms with Crippen LogP contribution in [0.15, 0.2) is 18.2 Å². The Hall–Kier alpha value is -1.19. The summed E-state index contributed by atoms with van der Waals surface area (Å²) in [5, 5.41) is 0. The predicted octanol–water partition coefficient (Wildman–Crippen LogP) is 1.99. The van der Waals surface area contributed by atoms with Gasteiger partial charge in [-0.15, -0.1) is 0 Å². The molecule has 3 heteroatoms. The number of benzene rings is 1. The van der Waals surface area contributed by atoms with Crippen LogP contribution in [-0.4, -0.2) is 24.5 Å². The highest BCUT2D eigenvalue weighted by atomic mass is 16.5. The first-order valence-corrected chi connectivity index (χ1v) is 6.02. The monoisotopic (exact) mass is 233 g/mol. The van der Waals surface area contributed by atoms with Crippen molar-refractivity contribution in [2.75, 3.05) is 13.2 Å². The molecule has 1 aliphatic heterocycles. The minimum Gasteiger partial charge on any atom is -0.381 e. The molecule has 0 radical (unpaired) electrons. The van der Waals surface area contributed by atoms with E-state index in [1.54, 1.807) is 0 Å². The van der Waals surface area contributed by atoms with Crippen LogP contribution in [-0.2, 0) is 4.74 Å². The van der Waals surface area contributed by atoms with Gasteiger partial charge in [0.2, 0.25) is 0 Å². The highest BCUT2D eigenvalue weighted by Crippen LogP contribution is 2.25. The molecular weight excluding hydrogens is 214 g/mol. The van der Waals surface area contributed by atoms with Crippen LogP contribution in [0.25, 0.3) is 0 Å². The Balaban J connectivity index is 2.33. The molecule has 2 rings (SSSR count). The van der Waals surface area contributed by atoms with Gasteiger partial charge in [0, 0.05) is 18.8 Å². The fraction of sp³-hybridized carbons (Fsp3) is 0.500. The summed E-state index contributed by atoms with van der Waals surface area (Å²) in [7, 11) is 0. The van der Waals surface area contributed by atoms with Gasteiger partial charge in [0.1, 0.15) is 0 Å². The van der Waals surface area contributed by atoms with Gasteiger partial charge in [-0.1, -0.05) is 18.2 Å². The fourth-order valence-corrected chi connectivity index (χ4v) is 2.23. The minimum absolute atomic E-state index is 0.0574. The van der Waals surface area contributed by atoms with Crippen LogP contribution in [0.4, 0.5) is 0 Å². The zero-order valence-corrected chi connectivity index (χ0v) is 10.5. The summed E-state index contributed by atoms with van der Waals surface area (Å²) in [5.41, 5.74) is 8.41. The van der Waals surface area contributed by atoms with Crippen molar-refractivity contribution in [3.63, 3.8) is 0 Å². The quantitative estimate of drug-likeness (QED) is 0.795. The maximum Gasteiger partial charge on any atom is 0.183 e. The van der Waals surface area contributed by atoms with Crippen LogP contribution < -0.4 is 5.73 Å². The molecule has 0 unspecified atom stereocenters. The molecule has 2 N–H and O–H groups in total. The van der Waals surface area contributed by atoms with E-state index in [-0.39, 0.29) is 5.78 Å². The number of hydrogen-bond acceptors (Lipinski definition) is 3. The number of carbonyl (C=O) groups excluding carboxylic acids is 1. The lowest BCUT2D eigenvalue weighted by molar-refractivity contribution is 0.0447. The summed E-state index contributed by atoms with van der Waals surface area (Å²) in [6.07, 6.45) is 1.22. The third-order valence-corrected chi connectivity index (χ3v) is 3.69. The molecule has 0 spiro atoms. The molecule has 0 saturated carbocycles. The van der Waals surface area contributed by atoms with Gasteiger partial charge in [0.05, 0.1) is 5.54 Å². The summed E-state index contributed by atoms with van der Waals surface area (Å²) in [4.78, 5) is 12.5. The van der Waals surface area contributed by atoms with Crippen LogP contribution in [0.1, 0.15) is 34.3 Å². The average Bonchev–Trinajstić information content (AvgIpc) is 2.33. The summed E-state index contributed by atoms with van der Waals surface area (Å²) in [6.45, 7) is 5.14. The lowest BCUT2D eigenvalue weighted by Crippen LogP contribution is -2.52. The van der Waals surface area contributed by atoms with Crippen molar-refractivity contribution >= 4 is 5.78 Å². The van der Waals surface area contributed by atoms with E-state index in [9.17, 15) is 4.79 Å². The first-order chi connectivity index (χ1) is 8.04. The predicted molar refractivity (Wildman–Crippen MR) is 67.2 cm³/mol. The summed E-state index contributed by atoms with van der Waals surface area (Å²) in [6, 6.07) is 5.80. The molecule has 1 aliphatic rings. The third-order valence-electron chi connectivity index (χ3n) is 3.69. The molecule has 0 aliphatic carbocycles. The normalized spacial score (nSPS) is 19.0. The third kappa shape index (κ3) is 2.26. The Morgan fingerprint density at radius 1 is 1.29 bits per heavy atom. The van der Waals surface area contributed by atoms with Crippen LogP contribution in [0, 0.1) is 13.8 Å². The molecule has 1 saturated heterocycles. The van der Waals surface area contributed by atoms with E-state index in [1.165, 1.54) is 0 Å². The highest BCUT2D eigenvalue weighted by Gasteiger charge is 2.36. The fourth-order valence-electron chi connectivity index (χ4n) is 2.23. The Bertz CT molecular complexity index is 434. The van der Waals surface area contributed by atoms with Crippen molar-refractivity contribution in [1.29, 1.82) is 0 Å². The molecule has 0 aromatic heterocycles. The van der Waals surface area contributed by atoms with Crippen LogP contribution in [0.5, 0.6) is 0 Å². The number of nitrogens with two attached hydrogens (primary N) is 1. The van der Waals surface area contributed by atoms with Crippen molar-refractivity contribution in [2.45, 2.75) is 32.2 Å². The minimum atomic E-state index is -0.739. The molecule has 0 bridgehead atoms. The average molecular weight is 233 g/mol. The van der Waals surface area contributed by atoms with Crippen molar-refractivity contribution < 1.29 is 9.53 Å². The molecular formula is C14H19NO2. The summed E-state index contributed by atoms with van der Waals surface area (Å²) in [5.74, 6) is 0.0574. The lowest BCUT2D eigenvalue weighted by atomic mass is 9.82. The molecule has 0 atom stereocenters. The van der Waals surface area contributed by atoms with Gasteiger partial charge in [-0.25, -0.2) is 0 Å². The van der Waals surface area contributed by atoms with Crippen LogP contribution >= 0.6 is 0 Å². The van der Waals surface area contributed by atoms with Crippen molar-refractivity contribution in [1.82, 2.24) is 0 Å². The Labute approximate surface area is 102 Å². The lowest BCUT2D eigenvalue weighted by Gasteiger charge is -2.32. The van der Waals surface area contributed by atoms with E-state index in [1.807, 2.05) is 32.0 Å². The molecule has 1 aromatic rings. The zero-order chi connectivity index (χ0) is 12.5. The van der Waals surface area contributed by atoms with Gasteiger partial charge in [-0.3, -0.25) is 4.79 Å². The van der Waals surface area contributed by atoms with Gasteiger partial charge in [-0.2, -0.15) is 0 Å². The molecule has 1 heterocycles. The number of aryl methyl sites for hydroxylation is 1. The van der Waals surface area contributed by atoms with E-state index in [2.05, 4.69) is 0 Å². The first kappa shape index (κ1) is 12.3. The highest BCUT2D eigenvalue weighted by molar-refractivity contribution is 6.04. The molecule has 0 amide bonds. The van der Waals surface area contributed by atoms with Crippen LogP contribution in [0.3, 0.4) is 0 Å². The van der Waals surface area contributed by atoms with Gasteiger partial charge >= 0.3 is 0 Å². The molecule has 1 aromatic carbocycles. The number of carbonyl (C=O) groups is 1. The van der Waals surface area contributed by atoms with Gasteiger partial charge < -0.3 is 10.5 Å². The SMILES string of the molecule is Cc1cccc(C(=O)C2(N)CCOCC2)c1C. The van der Waals surface area contributed by atoms with Gasteiger partial charge in [0.15, 0.2) is 5.78 Å². The van der Waals surface area contributed by atoms with Crippen LogP contribution in [0.2, 0.25) is 0 Å². The number of Topliss-reactive ketones (excluding diaryl/α,β-unsaturated/α-hetero) is 1. The smallest absolute Gasteiger partial charge is 0.183 e. The summed E-state index contributed by atoms with van der Waals surface area (Å²) >= 11 is 0. The second-order valence-corrected chi connectivity index (χ2v) is 4.85. The Morgan fingerprint density at radius 2 is 1.94 bits per heavy atom. The molecule has 17 heavy (non-hydrogen) atoms. The largest absolute Gasteiger partial charge is 0.381 e. The van der Waals surface area contributed by atoms with E-state index < -0.39 is 5.54 Å². The van der Waals surface area contributed by atoms with E-state index >= 15 is 0 Å². The molecule has 1 fully saturated rings. The molecule has 3 nitrogen and oxygen atoms in total. The maximum atomic E-state index is 12.5. The number of hydrogen-bond donors (Lipinski definition) is 1. The van der Waals surface area contributed by atoms with Crippen molar-refractivity contribution in [3.05, 3.63) is 34.9 Å². The maximum absolute atomic E-state index is 12.5. The summed E-state index contributed by atoms with van der Waals surface area (Å²) < 4.78 is 5.27. The van der Waals surface area contributed by atoms with Gasteiger partial charge in [-0.05, 0) is 37.8 Å². The number of rotatable bonds is 2. The second kappa shape index (κ2) is 4.59. The first-order valence-electron chi connectivity index (χ1n) is 6.02. The Morgan fingerprint density at radius 3 is 2.59 bits per heavy atom. The van der Waals surface area contributed by atoms with Gasteiger partial charge in [0.25, 0.3) is 0 Å². The Kier molecular flexibility index (Phi) is 3.31. The van der Waals surface area contributed by atoms with Crippen molar-refractivity contribution in [3.8, 4) is 0 Å². The number of ether oxygens (including phenoxy) is 1. The molecule has 92 valence electrons. The van der Waals surface area contributed by atoms with E-state index in [0.29, 0.717) is 26.1 Å². The zero-order valence-electron chi connectivity index (χ0n) is 10.5. The topological polar surface area (TPSA) is 52.3 Å². The second-order valence-electron chi connectivity index (χ2n) is 4.85. The number of ketones is 1. The standard InChI is InChI=1S/C14H19NO2/c1-10-4-3-5-12(11(10)2)13(16)14(15)6-8-17-9-7-14/h3-5H,6-9,15H2,1-2H3. The van der Waals surface area contributed by atoms with E-state index in [4.69, 9.17) is 10.5 Å².